The van der Waals surface area contributed by atoms with Crippen LogP contribution in [0.4, 0.5) is 0 Å². The second-order valence-electron chi connectivity index (χ2n) is 18.3. The Labute approximate surface area is 370 Å². The molecule has 0 heterocycles. The van der Waals surface area contributed by atoms with E-state index in [0.717, 1.165) is 44.9 Å². The van der Waals surface area contributed by atoms with Gasteiger partial charge in [-0.2, -0.15) is 0 Å². The highest BCUT2D eigenvalue weighted by Gasteiger charge is 2.18. The summed E-state index contributed by atoms with van der Waals surface area (Å²) in [6.07, 6.45) is 68.8. The third kappa shape index (κ3) is 47.5. The van der Waals surface area contributed by atoms with Gasteiger partial charge in [0.05, 0.1) is 18.8 Å². The Balaban J connectivity index is 3.45. The van der Waals surface area contributed by atoms with Crippen LogP contribution in [0.3, 0.4) is 0 Å². The largest absolute Gasteiger partial charge is 0.394 e. The second kappa shape index (κ2) is 51.0. The highest BCUT2D eigenvalue weighted by Crippen LogP contribution is 2.17. The molecule has 2 atom stereocenters. The molecule has 3 N–H and O–H groups in total. The van der Waals surface area contributed by atoms with E-state index in [1.165, 1.54) is 225 Å². The molecule has 4 heteroatoms. The maximum Gasteiger partial charge on any atom is 0.220 e. The highest BCUT2D eigenvalue weighted by atomic mass is 16.3. The normalized spacial score (nSPS) is 13.1. The van der Waals surface area contributed by atoms with E-state index in [9.17, 15) is 15.0 Å². The lowest BCUT2D eigenvalue weighted by atomic mass is 10.0. The van der Waals surface area contributed by atoms with Gasteiger partial charge in [0.2, 0.25) is 5.91 Å². The highest BCUT2D eigenvalue weighted by molar-refractivity contribution is 5.76. The van der Waals surface area contributed by atoms with Gasteiger partial charge in [-0.3, -0.25) is 4.79 Å². The Morgan fingerprint density at radius 1 is 0.407 bits per heavy atom. The Kier molecular flexibility index (Phi) is 49.8. The number of nitrogens with one attached hydrogen (secondary N) is 1. The number of rotatable bonds is 49. The number of allylic oxidation sites excluding steroid dienone is 5. The molecule has 0 radical (unpaired) electrons. The summed E-state index contributed by atoms with van der Waals surface area (Å²) in [5.41, 5.74) is 0. The number of carbonyl (C=O) groups excluding carboxylic acids is 1. The van der Waals surface area contributed by atoms with Gasteiger partial charge in [0, 0.05) is 6.42 Å². The molecule has 0 aliphatic heterocycles. The summed E-state index contributed by atoms with van der Waals surface area (Å²) in [6.45, 7) is 4.30. The zero-order chi connectivity index (χ0) is 42.8. The Morgan fingerprint density at radius 2 is 0.695 bits per heavy atom. The first kappa shape index (κ1) is 57.6. The number of unbranched alkanes of at least 4 members (excludes halogenated alkanes) is 38. The van der Waals surface area contributed by atoms with E-state index in [4.69, 9.17) is 0 Å². The molecule has 0 saturated carbocycles. The van der Waals surface area contributed by atoms with Gasteiger partial charge in [0.15, 0.2) is 0 Å². The van der Waals surface area contributed by atoms with E-state index < -0.39 is 12.1 Å². The Bertz CT molecular complexity index is 897. The predicted molar refractivity (Wildman–Crippen MR) is 262 cm³/mol. The second-order valence-corrected chi connectivity index (χ2v) is 18.3. The quantitative estimate of drug-likeness (QED) is 0.0423. The van der Waals surface area contributed by atoms with E-state index in [2.05, 4.69) is 43.5 Å². The summed E-state index contributed by atoms with van der Waals surface area (Å²) in [4.78, 5) is 12.4. The fourth-order valence-corrected chi connectivity index (χ4v) is 8.27. The monoisotopic (exact) mass is 828 g/mol. The van der Waals surface area contributed by atoms with Gasteiger partial charge >= 0.3 is 0 Å². The molecule has 0 fully saturated rings. The van der Waals surface area contributed by atoms with Crippen LogP contribution in [0.5, 0.6) is 0 Å². The number of aliphatic hydroxyl groups is 2. The maximum absolute atomic E-state index is 12.4. The molecule has 0 aliphatic rings. The molecule has 0 rings (SSSR count). The molecule has 2 unspecified atom stereocenters. The summed E-state index contributed by atoms with van der Waals surface area (Å²) in [5, 5.41) is 23.1. The molecule has 4 nitrogen and oxygen atoms in total. The molecule has 0 bridgehead atoms. The zero-order valence-electron chi connectivity index (χ0n) is 40.0. The van der Waals surface area contributed by atoms with Crippen molar-refractivity contribution in [1.82, 2.24) is 5.32 Å². The van der Waals surface area contributed by atoms with Gasteiger partial charge in [-0.15, -0.1) is 0 Å². The van der Waals surface area contributed by atoms with Crippen molar-refractivity contribution < 1.29 is 15.0 Å². The first-order valence-electron chi connectivity index (χ1n) is 26.7. The minimum atomic E-state index is -0.845. The third-order valence-corrected chi connectivity index (χ3v) is 12.4. The van der Waals surface area contributed by atoms with Gasteiger partial charge in [0.25, 0.3) is 0 Å². The van der Waals surface area contributed by atoms with Crippen molar-refractivity contribution >= 4 is 5.91 Å². The van der Waals surface area contributed by atoms with Crippen LogP contribution in [-0.2, 0) is 4.79 Å². The molecule has 0 spiro atoms. The first-order chi connectivity index (χ1) is 29.2. The van der Waals surface area contributed by atoms with Crippen LogP contribution in [0.15, 0.2) is 36.5 Å². The van der Waals surface area contributed by atoms with Gasteiger partial charge in [-0.25, -0.2) is 0 Å². The van der Waals surface area contributed by atoms with E-state index in [1.807, 2.05) is 6.08 Å². The van der Waals surface area contributed by atoms with Crippen LogP contribution in [-0.4, -0.2) is 34.9 Å². The lowest BCUT2D eigenvalue weighted by molar-refractivity contribution is -0.123. The van der Waals surface area contributed by atoms with Crippen molar-refractivity contribution in [3.63, 3.8) is 0 Å². The van der Waals surface area contributed by atoms with Gasteiger partial charge in [0.1, 0.15) is 0 Å². The average molecular weight is 828 g/mol. The molecule has 59 heavy (non-hydrogen) atoms. The van der Waals surface area contributed by atoms with Crippen molar-refractivity contribution in [2.24, 2.45) is 0 Å². The standard InChI is InChI=1S/C55H105NO3/c1-3-5-7-9-11-13-15-17-19-20-21-22-23-24-25-26-27-28-29-30-31-32-33-34-35-37-38-40-42-44-46-48-50-54(58)53(52-57)56-55(59)51-49-47-45-43-41-39-36-18-16-14-12-10-8-6-4-2/h12,14,18,36,48,50,53-54,57-58H,3-11,13,15-17,19-35,37-47,49,51-52H2,1-2H3,(H,56,59)/b14-12-,36-18-,50-48+. The van der Waals surface area contributed by atoms with Crippen LogP contribution in [0.25, 0.3) is 0 Å². The van der Waals surface area contributed by atoms with Gasteiger partial charge in [-0.05, 0) is 51.4 Å². The molecular formula is C55H105NO3. The zero-order valence-corrected chi connectivity index (χ0v) is 40.0. The van der Waals surface area contributed by atoms with Crippen molar-refractivity contribution in [3.05, 3.63) is 36.5 Å². The molecular weight excluding hydrogens is 723 g/mol. The van der Waals surface area contributed by atoms with Crippen LogP contribution < -0.4 is 5.32 Å². The summed E-state index contributed by atoms with van der Waals surface area (Å²) < 4.78 is 0. The SMILES string of the molecule is CCCCC/C=C\C/C=C\CCCCCCCC(=O)NC(CO)C(O)/C=C/CCCCCCCCCCCCCCCCCCCCCCCCCCCCCCCC. The fraction of sp³-hybridized carbons (Fsp3) is 0.873. The van der Waals surface area contributed by atoms with Crippen molar-refractivity contribution in [3.8, 4) is 0 Å². The molecule has 1 amide bonds. The van der Waals surface area contributed by atoms with Crippen LogP contribution in [0.2, 0.25) is 0 Å². The van der Waals surface area contributed by atoms with E-state index >= 15 is 0 Å². The van der Waals surface area contributed by atoms with Gasteiger partial charge in [-0.1, -0.05) is 269 Å². The van der Waals surface area contributed by atoms with Crippen molar-refractivity contribution in [1.29, 1.82) is 0 Å². The number of hydrogen-bond acceptors (Lipinski definition) is 3. The molecule has 0 aromatic heterocycles. The molecule has 0 aromatic rings. The number of carbonyl (C=O) groups is 1. The number of hydrogen-bond donors (Lipinski definition) is 3. The van der Waals surface area contributed by atoms with Crippen LogP contribution in [0.1, 0.15) is 290 Å². The van der Waals surface area contributed by atoms with E-state index in [-0.39, 0.29) is 12.5 Å². The minimum Gasteiger partial charge on any atom is -0.394 e. The maximum atomic E-state index is 12.4. The first-order valence-corrected chi connectivity index (χ1v) is 26.7. The summed E-state index contributed by atoms with van der Waals surface area (Å²) in [6, 6.07) is -0.629. The smallest absolute Gasteiger partial charge is 0.220 e. The summed E-state index contributed by atoms with van der Waals surface area (Å²) in [7, 11) is 0. The Morgan fingerprint density at radius 3 is 1.05 bits per heavy atom. The topological polar surface area (TPSA) is 69.6 Å². The third-order valence-electron chi connectivity index (χ3n) is 12.4. The minimum absolute atomic E-state index is 0.0757. The molecule has 348 valence electrons. The van der Waals surface area contributed by atoms with Gasteiger partial charge < -0.3 is 15.5 Å². The fourth-order valence-electron chi connectivity index (χ4n) is 8.27. The van der Waals surface area contributed by atoms with E-state index in [1.54, 1.807) is 6.08 Å². The molecule has 0 saturated heterocycles. The summed E-state index contributed by atoms with van der Waals surface area (Å²) in [5.74, 6) is -0.0757. The van der Waals surface area contributed by atoms with Crippen molar-refractivity contribution in [2.45, 2.75) is 302 Å². The number of amides is 1. The molecule has 0 aliphatic carbocycles. The van der Waals surface area contributed by atoms with Crippen molar-refractivity contribution in [2.75, 3.05) is 6.61 Å². The lowest BCUT2D eigenvalue weighted by Gasteiger charge is -2.20. The van der Waals surface area contributed by atoms with Crippen LogP contribution in [0, 0.1) is 0 Å². The summed E-state index contributed by atoms with van der Waals surface area (Å²) >= 11 is 0. The predicted octanol–water partition coefficient (Wildman–Crippen LogP) is 17.3. The van der Waals surface area contributed by atoms with E-state index in [0.29, 0.717) is 6.42 Å². The lowest BCUT2D eigenvalue weighted by Crippen LogP contribution is -2.45. The average Bonchev–Trinajstić information content (AvgIpc) is 3.24. The number of aliphatic hydroxyl groups excluding tert-OH is 2. The van der Waals surface area contributed by atoms with Crippen LogP contribution >= 0.6 is 0 Å². The Hall–Kier alpha value is -1.39. The molecule has 0 aromatic carbocycles.